The van der Waals surface area contributed by atoms with Crippen LogP contribution in [0.25, 0.3) is 11.1 Å². The van der Waals surface area contributed by atoms with Crippen molar-refractivity contribution >= 4 is 33.5 Å². The Balaban J connectivity index is 1.40. The number of amides is 2. The van der Waals surface area contributed by atoms with E-state index in [1.807, 2.05) is 5.32 Å². The van der Waals surface area contributed by atoms with Crippen LogP contribution < -0.4 is 11.1 Å². The fraction of sp³-hybridized carbons (Fsp3) is 0.310. The third-order valence-electron chi connectivity index (χ3n) is 7.52. The second-order valence-corrected chi connectivity index (χ2v) is 11.1. The molecule has 2 aliphatic rings. The van der Waals surface area contributed by atoms with Crippen molar-refractivity contribution < 1.29 is 27.6 Å². The van der Waals surface area contributed by atoms with Crippen LogP contribution in [0.2, 0.25) is 0 Å². The Morgan fingerprint density at radius 3 is 2.12 bits per heavy atom. The molecule has 0 radical (unpaired) electrons. The maximum absolute atomic E-state index is 15.9. The highest BCUT2D eigenvalue weighted by molar-refractivity contribution is 9.10. The molecular weight excluding hydrogens is 589 g/mol. The van der Waals surface area contributed by atoms with Crippen molar-refractivity contribution in [2.24, 2.45) is 5.73 Å². The number of alkyl halides is 2. The second-order valence-electron chi connectivity index (χ2n) is 10.2. The Bertz CT molecular complexity index is 1400. The highest BCUT2D eigenvalue weighted by Gasteiger charge is 2.53. The molecule has 2 bridgehead atoms. The highest BCUT2D eigenvalue weighted by atomic mass is 79.9. The molecule has 3 atom stereocenters. The van der Waals surface area contributed by atoms with E-state index in [4.69, 9.17) is 5.73 Å². The van der Waals surface area contributed by atoms with Gasteiger partial charge in [-0.05, 0) is 61.6 Å². The summed E-state index contributed by atoms with van der Waals surface area (Å²) < 4.78 is 45.7. The Morgan fingerprint density at radius 1 is 0.950 bits per heavy atom. The molecule has 208 valence electrons. The number of benzene rings is 2. The number of nitrogens with one attached hydrogen (secondary N) is 1. The Labute approximate surface area is 237 Å². The van der Waals surface area contributed by atoms with Crippen molar-refractivity contribution in [3.63, 3.8) is 0 Å². The number of fused-ring (bicyclic) bond motifs is 2. The van der Waals surface area contributed by atoms with E-state index in [0.29, 0.717) is 41.3 Å². The molecule has 2 aromatic carbocycles. The third-order valence-corrected chi connectivity index (χ3v) is 8.05. The lowest BCUT2D eigenvalue weighted by atomic mass is 9.94. The second kappa shape index (κ2) is 11.1. The van der Waals surface area contributed by atoms with Gasteiger partial charge in [0.1, 0.15) is 11.5 Å². The first-order valence-electron chi connectivity index (χ1n) is 12.8. The summed E-state index contributed by atoms with van der Waals surface area (Å²) in [7, 11) is 0. The molecule has 3 unspecified atom stereocenters. The minimum absolute atomic E-state index is 0.132. The summed E-state index contributed by atoms with van der Waals surface area (Å²) in [6.45, 7) is 0. The van der Waals surface area contributed by atoms with Crippen LogP contribution >= 0.6 is 15.9 Å². The maximum atomic E-state index is 15.9. The first kappa shape index (κ1) is 28.0. The predicted molar refractivity (Wildman–Crippen MR) is 145 cm³/mol. The molecule has 7 nitrogen and oxygen atoms in total. The molecule has 3 aromatic rings. The van der Waals surface area contributed by atoms with Crippen molar-refractivity contribution in [3.05, 3.63) is 88.4 Å². The number of nitrogens with zero attached hydrogens (tertiary/aromatic N) is 2. The number of carbonyl (C=O) groups is 3. The van der Waals surface area contributed by atoms with E-state index in [1.54, 1.807) is 0 Å². The average Bonchev–Trinajstić information content (AvgIpc) is 3.22. The van der Waals surface area contributed by atoms with E-state index < -0.39 is 40.9 Å². The molecule has 11 heteroatoms. The van der Waals surface area contributed by atoms with E-state index in [0.717, 1.165) is 12.1 Å². The van der Waals surface area contributed by atoms with E-state index >= 15 is 8.78 Å². The van der Waals surface area contributed by atoms with Gasteiger partial charge in [0.25, 0.3) is 17.6 Å². The van der Waals surface area contributed by atoms with Gasteiger partial charge in [0, 0.05) is 39.9 Å². The lowest BCUT2D eigenvalue weighted by molar-refractivity contribution is -0.152. The summed E-state index contributed by atoms with van der Waals surface area (Å²) in [5, 5.41) is 2.04. The number of nitrogens with two attached hydrogens (primary N) is 1. The summed E-state index contributed by atoms with van der Waals surface area (Å²) >= 11 is 3.21. The fourth-order valence-corrected chi connectivity index (χ4v) is 5.79. The quantitative estimate of drug-likeness (QED) is 0.299. The van der Waals surface area contributed by atoms with Gasteiger partial charge in [0.2, 0.25) is 0 Å². The van der Waals surface area contributed by atoms with Crippen LogP contribution in [0, 0.1) is 5.82 Å². The van der Waals surface area contributed by atoms with Crippen molar-refractivity contribution in [1.82, 2.24) is 15.2 Å². The third kappa shape index (κ3) is 5.53. The fourth-order valence-electron chi connectivity index (χ4n) is 5.53. The van der Waals surface area contributed by atoms with Gasteiger partial charge in [-0.1, -0.05) is 46.3 Å². The molecule has 0 aliphatic carbocycles. The molecule has 0 saturated carbocycles. The van der Waals surface area contributed by atoms with Crippen molar-refractivity contribution in [2.75, 3.05) is 0 Å². The summed E-state index contributed by atoms with van der Waals surface area (Å²) in [5.41, 5.74) is 6.52. The zero-order valence-electron chi connectivity index (χ0n) is 21.2. The lowest BCUT2D eigenvalue weighted by Gasteiger charge is -2.41. The predicted octanol–water partition coefficient (Wildman–Crippen LogP) is 4.59. The Kier molecular flexibility index (Phi) is 7.78. The van der Waals surface area contributed by atoms with Crippen LogP contribution in [0.4, 0.5) is 13.2 Å². The number of aromatic nitrogens is 1. The van der Waals surface area contributed by atoms with Crippen LogP contribution in [0.5, 0.6) is 0 Å². The van der Waals surface area contributed by atoms with E-state index in [9.17, 15) is 18.8 Å². The number of hydrogen-bond acceptors (Lipinski definition) is 5. The Morgan fingerprint density at radius 2 is 1.55 bits per heavy atom. The van der Waals surface area contributed by atoms with Gasteiger partial charge in [-0.2, -0.15) is 8.78 Å². The van der Waals surface area contributed by atoms with Gasteiger partial charge in [0.15, 0.2) is 6.04 Å². The number of ketones is 1. The summed E-state index contributed by atoms with van der Waals surface area (Å²) in [5.74, 6) is -7.73. The van der Waals surface area contributed by atoms with Gasteiger partial charge in [-0.3, -0.25) is 19.4 Å². The number of carbonyl (C=O) groups excluding carboxylic acids is 3. The molecule has 3 heterocycles. The molecule has 2 aliphatic heterocycles. The van der Waals surface area contributed by atoms with Crippen LogP contribution in [-0.2, 0) is 15.5 Å². The average molecular weight is 615 g/mol. The molecular formula is C29H26BrF3N4O3. The minimum atomic E-state index is -3.83. The van der Waals surface area contributed by atoms with Crippen molar-refractivity contribution in [3.8, 4) is 11.1 Å². The lowest BCUT2D eigenvalue weighted by Crippen LogP contribution is -2.61. The molecule has 2 amide bonds. The molecule has 40 heavy (non-hydrogen) atoms. The summed E-state index contributed by atoms with van der Waals surface area (Å²) in [4.78, 5) is 45.1. The monoisotopic (exact) mass is 614 g/mol. The normalized spacial score (nSPS) is 21.1. The smallest absolute Gasteiger partial charge is 0.302 e. The van der Waals surface area contributed by atoms with Crippen LogP contribution in [-0.4, -0.2) is 51.6 Å². The van der Waals surface area contributed by atoms with Crippen LogP contribution in [0.15, 0.2) is 71.3 Å². The topological polar surface area (TPSA) is 105 Å². The zero-order valence-corrected chi connectivity index (χ0v) is 22.8. The van der Waals surface area contributed by atoms with Gasteiger partial charge < -0.3 is 16.0 Å². The minimum Gasteiger partial charge on any atom is -0.335 e. The number of Topliss-reactive ketones (excluding diaryl/α,β-unsaturated/α-hetero) is 1. The molecule has 2 fully saturated rings. The van der Waals surface area contributed by atoms with E-state index in [2.05, 4.69) is 20.9 Å². The number of halogens is 4. The molecule has 0 spiro atoms. The zero-order chi connectivity index (χ0) is 28.6. The van der Waals surface area contributed by atoms with Crippen molar-refractivity contribution in [1.29, 1.82) is 0 Å². The molecule has 5 rings (SSSR count). The number of rotatable bonds is 7. The van der Waals surface area contributed by atoms with E-state index in [-0.39, 0.29) is 23.8 Å². The number of pyridine rings is 1. The van der Waals surface area contributed by atoms with Crippen LogP contribution in [0.3, 0.4) is 0 Å². The molecule has 2 saturated heterocycles. The largest absolute Gasteiger partial charge is 0.335 e. The number of hydrogen-bond donors (Lipinski definition) is 2. The van der Waals surface area contributed by atoms with Gasteiger partial charge in [-0.25, -0.2) is 4.39 Å². The molecule has 3 N–H and O–H groups in total. The van der Waals surface area contributed by atoms with Crippen LogP contribution in [0.1, 0.15) is 41.7 Å². The maximum Gasteiger partial charge on any atom is 0.302 e. The standard InChI is InChI=1S/C29H26BrF3N4O3/c30-19-6-4-18(5-7-19)29(32,33)26(28(40)37-22-10-11-23(37)14-21(34)13-22)36-27(39)25(38)24-12-3-17(15-35-24)16-1-8-20(31)9-2-16/h1-9,12,15,21-23,26H,10-11,13-14,34H2,(H,36,39). The van der Waals surface area contributed by atoms with Gasteiger partial charge in [0.05, 0.1) is 0 Å². The van der Waals surface area contributed by atoms with E-state index in [1.165, 1.54) is 59.6 Å². The van der Waals surface area contributed by atoms with Crippen molar-refractivity contribution in [2.45, 2.75) is 55.8 Å². The van der Waals surface area contributed by atoms with Gasteiger partial charge >= 0.3 is 5.92 Å². The first-order valence-corrected chi connectivity index (χ1v) is 13.6. The highest BCUT2D eigenvalue weighted by Crippen LogP contribution is 2.39. The first-order chi connectivity index (χ1) is 19.0. The Hall–Kier alpha value is -3.57. The molecule has 1 aromatic heterocycles. The summed E-state index contributed by atoms with van der Waals surface area (Å²) in [6, 6.07) is 10.5. The van der Waals surface area contributed by atoms with Gasteiger partial charge in [-0.15, -0.1) is 0 Å². The summed E-state index contributed by atoms with van der Waals surface area (Å²) in [6.07, 6.45) is 3.56. The SMILES string of the molecule is NC1CC2CCC(C1)N2C(=O)C(NC(=O)C(=O)c1ccc(-c2ccc(F)cc2)cn1)C(F)(F)c1ccc(Br)cc1. The number of piperidine rings is 1.